The first-order valence-corrected chi connectivity index (χ1v) is 15.3. The number of aryl methyl sites for hydroxylation is 2. The van der Waals surface area contributed by atoms with Gasteiger partial charge in [0.1, 0.15) is 9.81 Å². The van der Waals surface area contributed by atoms with Gasteiger partial charge < -0.3 is 0 Å². The van der Waals surface area contributed by atoms with Gasteiger partial charge in [-0.05, 0) is 78.6 Å². The van der Waals surface area contributed by atoms with E-state index in [-0.39, 0.29) is 9.81 Å². The summed E-state index contributed by atoms with van der Waals surface area (Å²) in [5.74, 6) is -0.920. The Balaban J connectivity index is 2.08. The number of fused-ring (bicyclic) bond motifs is 2. The van der Waals surface area contributed by atoms with Crippen LogP contribution in [0.5, 0.6) is 0 Å². The molecule has 10 heteroatoms. The molecule has 0 bridgehead atoms. The van der Waals surface area contributed by atoms with Gasteiger partial charge in [0.25, 0.3) is 20.2 Å². The van der Waals surface area contributed by atoms with Crippen molar-refractivity contribution in [3.05, 3.63) is 77.7 Å². The van der Waals surface area contributed by atoms with Gasteiger partial charge in [-0.3, -0.25) is 9.11 Å². The van der Waals surface area contributed by atoms with Crippen LogP contribution in [0.2, 0.25) is 0 Å². The van der Waals surface area contributed by atoms with Crippen LogP contribution in [-0.4, -0.2) is 25.9 Å². The monoisotopic (exact) mass is 644 g/mol. The molecule has 35 heavy (non-hydrogen) atoms. The quantitative estimate of drug-likeness (QED) is 0.347. The highest BCUT2D eigenvalue weighted by Gasteiger charge is 2.51. The molecule has 2 aromatic carbocycles. The molecule has 2 N–H and O–H groups in total. The molecule has 2 unspecified atom stereocenters. The molecule has 2 aliphatic carbocycles. The lowest BCUT2D eigenvalue weighted by molar-refractivity contribution is 0.274. The molecule has 0 spiro atoms. The minimum absolute atomic E-state index is 0.127. The third-order valence-electron chi connectivity index (χ3n) is 7.19. The van der Waals surface area contributed by atoms with Gasteiger partial charge in [0.2, 0.25) is 0 Å². The van der Waals surface area contributed by atoms with Gasteiger partial charge in [-0.2, -0.15) is 16.8 Å². The second kappa shape index (κ2) is 8.36. The van der Waals surface area contributed by atoms with E-state index < -0.39 is 37.5 Å². The number of allylic oxidation sites excluding steroid dienone is 2. The fraction of sp³-hybridized carbons (Fsp3) is 0.360. The van der Waals surface area contributed by atoms with Crippen LogP contribution >= 0.6 is 31.9 Å². The number of hydrogen-bond donors (Lipinski definition) is 2. The lowest BCUT2D eigenvalue weighted by Crippen LogP contribution is -2.30. The molecule has 0 radical (unpaired) electrons. The van der Waals surface area contributed by atoms with E-state index in [9.17, 15) is 25.9 Å². The topological polar surface area (TPSA) is 109 Å². The largest absolute Gasteiger partial charge is 0.295 e. The number of halogens is 2. The Morgan fingerprint density at radius 3 is 1.29 bits per heavy atom. The summed E-state index contributed by atoms with van der Waals surface area (Å²) >= 11 is 6.98. The average molecular weight is 646 g/mol. The average Bonchev–Trinajstić information content (AvgIpc) is 3.12. The zero-order valence-electron chi connectivity index (χ0n) is 20.1. The van der Waals surface area contributed by atoms with Gasteiger partial charge >= 0.3 is 0 Å². The third kappa shape index (κ3) is 4.10. The van der Waals surface area contributed by atoms with E-state index in [4.69, 9.17) is 0 Å². The summed E-state index contributed by atoms with van der Waals surface area (Å²) in [5.41, 5.74) is 4.39. The van der Waals surface area contributed by atoms with Gasteiger partial charge in [-0.25, -0.2) is 0 Å². The molecular weight excluding hydrogens is 620 g/mol. The van der Waals surface area contributed by atoms with Crippen molar-refractivity contribution >= 4 is 61.9 Å². The summed E-state index contributed by atoms with van der Waals surface area (Å²) in [5, 5.41) is 0. The maximum absolute atomic E-state index is 12.5. The number of hydrogen-bond acceptors (Lipinski definition) is 4. The fourth-order valence-corrected chi connectivity index (χ4v) is 10.2. The highest BCUT2D eigenvalue weighted by Crippen LogP contribution is 2.63. The molecule has 6 nitrogen and oxygen atoms in total. The minimum Gasteiger partial charge on any atom is -0.282 e. The molecule has 4 rings (SSSR count). The third-order valence-corrected chi connectivity index (χ3v) is 10.5. The van der Waals surface area contributed by atoms with Crippen LogP contribution in [-0.2, 0) is 20.2 Å². The van der Waals surface area contributed by atoms with Gasteiger partial charge in [0, 0.05) is 31.9 Å². The summed E-state index contributed by atoms with van der Waals surface area (Å²) in [6.45, 7) is 11.1. The van der Waals surface area contributed by atoms with E-state index in [1.165, 1.54) is 0 Å². The van der Waals surface area contributed by atoms with Crippen LogP contribution < -0.4 is 0 Å². The predicted octanol–water partition coefficient (Wildman–Crippen LogP) is 6.99. The molecule has 0 saturated heterocycles. The van der Waals surface area contributed by atoms with Crippen molar-refractivity contribution in [2.45, 2.75) is 53.4 Å². The molecule has 0 saturated carbocycles. The van der Waals surface area contributed by atoms with Crippen molar-refractivity contribution in [3.63, 3.8) is 0 Å². The van der Waals surface area contributed by atoms with E-state index in [0.717, 1.165) is 22.3 Å². The Kier molecular flexibility index (Phi) is 6.39. The molecule has 2 aromatic rings. The Hall–Kier alpha value is -1.30. The zero-order chi connectivity index (χ0) is 26.4. The summed E-state index contributed by atoms with van der Waals surface area (Å²) < 4.78 is 71.6. The van der Waals surface area contributed by atoms with E-state index in [2.05, 4.69) is 31.9 Å². The van der Waals surface area contributed by atoms with Gasteiger partial charge in [-0.1, -0.05) is 57.8 Å². The predicted molar refractivity (Wildman–Crippen MR) is 145 cm³/mol. The van der Waals surface area contributed by atoms with Gasteiger partial charge in [0.15, 0.2) is 0 Å². The molecule has 0 fully saturated rings. The minimum atomic E-state index is -4.54. The molecule has 188 valence electrons. The fourth-order valence-electron chi connectivity index (χ4n) is 6.34. The molecule has 2 atom stereocenters. The van der Waals surface area contributed by atoms with Crippen LogP contribution in [0.15, 0.2) is 44.4 Å². The first-order chi connectivity index (χ1) is 15.9. The molecular formula is C25H26Br2O6S2. The van der Waals surface area contributed by atoms with Gasteiger partial charge in [0.05, 0.1) is 0 Å². The molecule has 0 heterocycles. The van der Waals surface area contributed by atoms with Crippen molar-refractivity contribution in [2.24, 2.45) is 5.41 Å². The Labute approximate surface area is 223 Å². The normalized spacial score (nSPS) is 20.5. The van der Waals surface area contributed by atoms with Crippen molar-refractivity contribution in [2.75, 3.05) is 0 Å². The Bertz CT molecular complexity index is 1460. The maximum atomic E-state index is 12.5. The Morgan fingerprint density at radius 1 is 0.686 bits per heavy atom. The van der Waals surface area contributed by atoms with Gasteiger partial charge in [-0.15, -0.1) is 0 Å². The summed E-state index contributed by atoms with van der Waals surface area (Å²) in [4.78, 5) is -0.254. The van der Waals surface area contributed by atoms with Crippen LogP contribution in [0, 0.1) is 19.3 Å². The van der Waals surface area contributed by atoms with E-state index in [1.54, 1.807) is 26.0 Å². The van der Waals surface area contributed by atoms with Crippen LogP contribution in [0.25, 0.3) is 9.81 Å². The lowest BCUT2D eigenvalue weighted by Gasteiger charge is -2.41. The van der Waals surface area contributed by atoms with Crippen LogP contribution in [0.3, 0.4) is 0 Å². The molecule has 0 aliphatic heterocycles. The number of benzene rings is 2. The van der Waals surface area contributed by atoms with Crippen molar-refractivity contribution < 1.29 is 25.9 Å². The summed E-state index contributed by atoms with van der Waals surface area (Å²) in [6.07, 6.45) is 0. The second-order valence-electron chi connectivity index (χ2n) is 10.1. The highest BCUT2D eigenvalue weighted by atomic mass is 79.9. The lowest BCUT2D eigenvalue weighted by atomic mass is 9.62. The number of rotatable bonds is 4. The van der Waals surface area contributed by atoms with E-state index in [0.29, 0.717) is 31.2 Å². The smallest absolute Gasteiger partial charge is 0.282 e. The zero-order valence-corrected chi connectivity index (χ0v) is 24.9. The second-order valence-corrected chi connectivity index (χ2v) is 14.5. The highest BCUT2D eigenvalue weighted by molar-refractivity contribution is 9.10. The Morgan fingerprint density at radius 2 is 1.00 bits per heavy atom. The molecule has 2 aliphatic rings. The maximum Gasteiger partial charge on any atom is 0.295 e. The first-order valence-electron chi connectivity index (χ1n) is 10.9. The van der Waals surface area contributed by atoms with Crippen molar-refractivity contribution in [1.29, 1.82) is 0 Å². The first kappa shape index (κ1) is 26.8. The van der Waals surface area contributed by atoms with Crippen molar-refractivity contribution in [1.82, 2.24) is 0 Å². The van der Waals surface area contributed by atoms with Crippen molar-refractivity contribution in [3.8, 4) is 0 Å². The summed E-state index contributed by atoms with van der Waals surface area (Å²) in [6, 6.07) is 7.44. The van der Waals surface area contributed by atoms with Crippen LogP contribution in [0.1, 0.15) is 72.9 Å². The van der Waals surface area contributed by atoms with Crippen LogP contribution in [0.4, 0.5) is 0 Å². The molecule has 0 aromatic heterocycles. The standard InChI is InChI=1S/C25H26Br2O6S2/c1-11-7-15-19(17(26)9-11)23(34(28,29)30)13(3)21(15)25(5,6)22-14(4)24(35(31,32)33)20-16(22)8-12(2)10-18(20)27/h7-10,21-22H,1-6H3,(H,28,29,30)(H,31,32,33). The van der Waals surface area contributed by atoms with E-state index >= 15 is 0 Å². The molecule has 0 amide bonds. The van der Waals surface area contributed by atoms with E-state index in [1.807, 2.05) is 39.8 Å². The SMILES string of the molecule is CC1=C(S(=O)(=O)O)c2c(Br)cc(C)cc2C1C(C)(C)C1C(C)=C(S(=O)(=O)O)c2c(Br)cc(C)cc21. The summed E-state index contributed by atoms with van der Waals surface area (Å²) in [7, 11) is -9.09.